The second kappa shape index (κ2) is 9.94. The molecule has 0 unspecified atom stereocenters. The zero-order valence-electron chi connectivity index (χ0n) is 15.8. The molecule has 0 aromatic heterocycles. The number of alkyl halides is 3. The second-order valence-electron chi connectivity index (χ2n) is 6.30. The highest BCUT2D eigenvalue weighted by Gasteiger charge is 2.46. The van der Waals surface area contributed by atoms with Crippen LogP contribution in [0.3, 0.4) is 0 Å². The summed E-state index contributed by atoms with van der Waals surface area (Å²) in [6.07, 6.45) is -2.17. The van der Waals surface area contributed by atoms with Crippen LogP contribution in [0, 0.1) is 0 Å². The number of hydrogen-bond donors (Lipinski definition) is 3. The van der Waals surface area contributed by atoms with Gasteiger partial charge in [-0.1, -0.05) is 41.4 Å². The van der Waals surface area contributed by atoms with Gasteiger partial charge in [0, 0.05) is 25.3 Å². The Labute approximate surface area is 186 Å². The highest BCUT2D eigenvalue weighted by Crippen LogP contribution is 2.37. The van der Waals surface area contributed by atoms with Gasteiger partial charge in [0.2, 0.25) is 0 Å². The number of ether oxygens (including phenoxy) is 1. The van der Waals surface area contributed by atoms with E-state index >= 15 is 0 Å². The van der Waals surface area contributed by atoms with Gasteiger partial charge in [0.1, 0.15) is 0 Å². The number of rotatable bonds is 8. The highest BCUT2D eigenvalue weighted by atomic mass is 35.5. The summed E-state index contributed by atoms with van der Waals surface area (Å²) in [4.78, 5) is 11.0. The Morgan fingerprint density at radius 1 is 1.13 bits per heavy atom. The maximum Gasteiger partial charge on any atom is 0.516 e. The van der Waals surface area contributed by atoms with Crippen molar-refractivity contribution in [2.45, 2.75) is 17.5 Å². The fraction of sp³-hybridized carbons (Fsp3) is 0.278. The monoisotopic (exact) mass is 500 g/mol. The first-order chi connectivity index (χ1) is 14.4. The molecule has 0 aliphatic rings. The predicted molar refractivity (Wildman–Crippen MR) is 110 cm³/mol. The van der Waals surface area contributed by atoms with Gasteiger partial charge in [0.25, 0.3) is 0 Å². The standard InChI is InChI=1S/C18H17Cl2F3N2O5S/c1-30-16(11-3-2-4-12(7-11)25-31(28,29)18(21,22)23)13(9-24-17(26)27)10-5-6-14(19)15(20)8-10/h2-8,13,16,24-25H,9H2,1H3,(H,26,27)/t13-,16+/m1/s1. The average Bonchev–Trinajstić information content (AvgIpc) is 2.66. The molecule has 31 heavy (non-hydrogen) atoms. The van der Waals surface area contributed by atoms with Gasteiger partial charge in [-0.3, -0.25) is 4.72 Å². The third-order valence-corrected chi connectivity index (χ3v) is 6.09. The van der Waals surface area contributed by atoms with Crippen molar-refractivity contribution in [3.63, 3.8) is 0 Å². The van der Waals surface area contributed by atoms with Crippen LogP contribution in [0.1, 0.15) is 23.1 Å². The Kier molecular flexibility index (Phi) is 8.04. The lowest BCUT2D eigenvalue weighted by atomic mass is 9.88. The van der Waals surface area contributed by atoms with Crippen LogP contribution < -0.4 is 10.0 Å². The Morgan fingerprint density at radius 3 is 2.35 bits per heavy atom. The number of nitrogens with one attached hydrogen (secondary N) is 2. The van der Waals surface area contributed by atoms with Gasteiger partial charge < -0.3 is 15.2 Å². The molecule has 0 fully saturated rings. The molecule has 2 rings (SSSR count). The van der Waals surface area contributed by atoms with Gasteiger partial charge in [-0.15, -0.1) is 0 Å². The summed E-state index contributed by atoms with van der Waals surface area (Å²) in [7, 11) is -4.30. The summed E-state index contributed by atoms with van der Waals surface area (Å²) in [6.45, 7) is -0.135. The molecule has 0 heterocycles. The van der Waals surface area contributed by atoms with Crippen molar-refractivity contribution >= 4 is 45.0 Å². The van der Waals surface area contributed by atoms with Crippen molar-refractivity contribution in [1.82, 2.24) is 5.32 Å². The van der Waals surface area contributed by atoms with Gasteiger partial charge in [0.15, 0.2) is 0 Å². The Balaban J connectivity index is 2.45. The zero-order valence-corrected chi connectivity index (χ0v) is 18.1. The Morgan fingerprint density at radius 2 is 1.81 bits per heavy atom. The number of carboxylic acid groups (broad SMARTS) is 1. The van der Waals surface area contributed by atoms with Crippen LogP contribution >= 0.6 is 23.2 Å². The molecule has 0 aliphatic carbocycles. The van der Waals surface area contributed by atoms with E-state index in [0.717, 1.165) is 6.07 Å². The minimum Gasteiger partial charge on any atom is -0.465 e. The number of methoxy groups -OCH3 is 1. The molecule has 1 amide bonds. The van der Waals surface area contributed by atoms with Gasteiger partial charge in [-0.25, -0.2) is 4.79 Å². The molecule has 0 spiro atoms. The van der Waals surface area contributed by atoms with Gasteiger partial charge in [-0.05, 0) is 35.4 Å². The molecule has 0 radical (unpaired) electrons. The van der Waals surface area contributed by atoms with Crippen molar-refractivity contribution in [3.05, 3.63) is 63.6 Å². The number of hydrogen-bond acceptors (Lipinski definition) is 4. The predicted octanol–water partition coefficient (Wildman–Crippen LogP) is 4.99. The van der Waals surface area contributed by atoms with Crippen LogP contribution in [0.25, 0.3) is 0 Å². The topological polar surface area (TPSA) is 105 Å². The molecule has 2 aromatic carbocycles. The van der Waals surface area contributed by atoms with E-state index in [1.165, 1.54) is 42.2 Å². The fourth-order valence-corrected chi connectivity index (χ4v) is 3.72. The first-order valence-corrected chi connectivity index (χ1v) is 10.7. The van der Waals surface area contributed by atoms with E-state index in [0.29, 0.717) is 11.1 Å². The molecule has 170 valence electrons. The van der Waals surface area contributed by atoms with E-state index in [1.807, 2.05) is 0 Å². The zero-order chi connectivity index (χ0) is 23.4. The van der Waals surface area contributed by atoms with E-state index in [-0.39, 0.29) is 22.3 Å². The minimum absolute atomic E-state index is 0.135. The summed E-state index contributed by atoms with van der Waals surface area (Å²) in [5.41, 5.74) is -4.99. The van der Waals surface area contributed by atoms with Crippen molar-refractivity contribution < 1.29 is 36.2 Å². The molecule has 2 atom stereocenters. The Bertz CT molecular complexity index is 1050. The lowest BCUT2D eigenvalue weighted by Gasteiger charge is -2.27. The normalized spacial score (nSPS) is 14.0. The molecular formula is C18H17Cl2F3N2O5S. The smallest absolute Gasteiger partial charge is 0.465 e. The van der Waals surface area contributed by atoms with Crippen molar-refractivity contribution in [3.8, 4) is 0 Å². The van der Waals surface area contributed by atoms with Crippen LogP contribution in [0.5, 0.6) is 0 Å². The highest BCUT2D eigenvalue weighted by molar-refractivity contribution is 7.93. The number of anilines is 1. The lowest BCUT2D eigenvalue weighted by molar-refractivity contribution is -0.0429. The third kappa shape index (κ3) is 6.39. The molecular weight excluding hydrogens is 484 g/mol. The van der Waals surface area contributed by atoms with Gasteiger partial charge >= 0.3 is 21.6 Å². The van der Waals surface area contributed by atoms with Gasteiger partial charge in [-0.2, -0.15) is 21.6 Å². The van der Waals surface area contributed by atoms with Crippen LogP contribution in [-0.4, -0.2) is 38.8 Å². The summed E-state index contributed by atoms with van der Waals surface area (Å²) in [5, 5.41) is 11.7. The van der Waals surface area contributed by atoms with Crippen molar-refractivity contribution in [2.75, 3.05) is 18.4 Å². The molecule has 7 nitrogen and oxygen atoms in total. The largest absolute Gasteiger partial charge is 0.516 e. The van der Waals surface area contributed by atoms with E-state index < -0.39 is 33.6 Å². The summed E-state index contributed by atoms with van der Waals surface area (Å²) in [5.74, 6) is -0.676. The maximum absolute atomic E-state index is 12.7. The molecule has 2 aromatic rings. The summed E-state index contributed by atoms with van der Waals surface area (Å²) >= 11 is 12.0. The first-order valence-electron chi connectivity index (χ1n) is 8.49. The SMILES string of the molecule is CO[C@@H](c1cccc(NS(=O)(=O)C(F)(F)F)c1)[C@H](CNC(=O)O)c1ccc(Cl)c(Cl)c1. The van der Waals surface area contributed by atoms with Crippen molar-refractivity contribution in [2.24, 2.45) is 0 Å². The number of benzene rings is 2. The van der Waals surface area contributed by atoms with Crippen LogP contribution in [0.15, 0.2) is 42.5 Å². The molecule has 0 aliphatic heterocycles. The van der Waals surface area contributed by atoms with Crippen LogP contribution in [0.2, 0.25) is 10.0 Å². The molecule has 3 N–H and O–H groups in total. The quantitative estimate of drug-likeness (QED) is 0.473. The number of sulfonamides is 1. The molecule has 0 saturated carbocycles. The Hall–Kier alpha value is -2.21. The van der Waals surface area contributed by atoms with E-state index in [2.05, 4.69) is 5.32 Å². The lowest BCUT2D eigenvalue weighted by Crippen LogP contribution is -2.31. The number of carbonyl (C=O) groups is 1. The van der Waals surface area contributed by atoms with Crippen molar-refractivity contribution in [1.29, 1.82) is 0 Å². The summed E-state index contributed by atoms with van der Waals surface area (Å²) < 4.78 is 67.8. The van der Waals surface area contributed by atoms with E-state index in [9.17, 15) is 26.4 Å². The van der Waals surface area contributed by atoms with E-state index in [4.69, 9.17) is 33.0 Å². The first kappa shape index (κ1) is 25.1. The summed E-state index contributed by atoms with van der Waals surface area (Å²) in [6, 6.07) is 9.78. The number of amides is 1. The van der Waals surface area contributed by atoms with Crippen LogP contribution in [-0.2, 0) is 14.8 Å². The maximum atomic E-state index is 12.7. The number of halogens is 5. The van der Waals surface area contributed by atoms with Gasteiger partial charge in [0.05, 0.1) is 16.1 Å². The molecule has 13 heteroatoms. The fourth-order valence-electron chi connectivity index (χ4n) is 2.86. The second-order valence-corrected chi connectivity index (χ2v) is 8.79. The average molecular weight is 501 g/mol. The minimum atomic E-state index is -5.62. The van der Waals surface area contributed by atoms with Crippen LogP contribution in [0.4, 0.5) is 23.7 Å². The third-order valence-electron chi connectivity index (χ3n) is 4.24. The molecule has 0 bridgehead atoms. The van der Waals surface area contributed by atoms with E-state index in [1.54, 1.807) is 6.07 Å². The molecule has 0 saturated heterocycles.